The van der Waals surface area contributed by atoms with Gasteiger partial charge in [0.2, 0.25) is 0 Å². The Morgan fingerprint density at radius 2 is 2.07 bits per heavy atom. The number of carbonyl (C=O) groups is 1. The SMILES string of the molecule is Cc1ccc(C)c([C@H](C)CCC(=O)O)c1. The first-order valence-electron chi connectivity index (χ1n) is 5.29. The van der Waals surface area contributed by atoms with Crippen molar-refractivity contribution in [3.8, 4) is 0 Å². The molecule has 0 spiro atoms. The summed E-state index contributed by atoms with van der Waals surface area (Å²) >= 11 is 0. The van der Waals surface area contributed by atoms with Crippen LogP contribution in [0.15, 0.2) is 18.2 Å². The van der Waals surface area contributed by atoms with Crippen LogP contribution in [0.4, 0.5) is 0 Å². The second-order valence-corrected chi connectivity index (χ2v) is 4.19. The van der Waals surface area contributed by atoms with Crippen molar-refractivity contribution in [1.82, 2.24) is 0 Å². The Kier molecular flexibility index (Phi) is 3.89. The van der Waals surface area contributed by atoms with Crippen molar-refractivity contribution in [3.63, 3.8) is 0 Å². The molecule has 0 heterocycles. The Bertz CT molecular complexity index is 356. The lowest BCUT2D eigenvalue weighted by atomic mass is 9.91. The number of aliphatic carboxylic acids is 1. The molecule has 1 atom stereocenters. The number of carboxylic acids is 1. The highest BCUT2D eigenvalue weighted by atomic mass is 16.4. The van der Waals surface area contributed by atoms with E-state index in [2.05, 4.69) is 39.0 Å². The maximum atomic E-state index is 10.5. The normalized spacial score (nSPS) is 12.5. The monoisotopic (exact) mass is 206 g/mol. The van der Waals surface area contributed by atoms with Gasteiger partial charge in [-0.15, -0.1) is 0 Å². The van der Waals surface area contributed by atoms with Crippen LogP contribution in [-0.2, 0) is 4.79 Å². The third-order valence-corrected chi connectivity index (χ3v) is 2.76. The molecule has 1 aromatic carbocycles. The molecule has 2 heteroatoms. The summed E-state index contributed by atoms with van der Waals surface area (Å²) in [6, 6.07) is 6.34. The van der Waals surface area contributed by atoms with Gasteiger partial charge in [-0.05, 0) is 37.3 Å². The summed E-state index contributed by atoms with van der Waals surface area (Å²) < 4.78 is 0. The largest absolute Gasteiger partial charge is 0.481 e. The van der Waals surface area contributed by atoms with Gasteiger partial charge in [0.1, 0.15) is 0 Å². The minimum atomic E-state index is -0.716. The lowest BCUT2D eigenvalue weighted by molar-refractivity contribution is -0.137. The van der Waals surface area contributed by atoms with E-state index < -0.39 is 5.97 Å². The van der Waals surface area contributed by atoms with Gasteiger partial charge in [0.15, 0.2) is 0 Å². The van der Waals surface area contributed by atoms with E-state index in [1.165, 1.54) is 16.7 Å². The molecule has 1 rings (SSSR count). The first kappa shape index (κ1) is 11.8. The molecule has 1 N–H and O–H groups in total. The molecular weight excluding hydrogens is 188 g/mol. The van der Waals surface area contributed by atoms with Crippen LogP contribution in [0.5, 0.6) is 0 Å². The first-order valence-corrected chi connectivity index (χ1v) is 5.29. The minimum absolute atomic E-state index is 0.245. The van der Waals surface area contributed by atoms with Gasteiger partial charge in [-0.1, -0.05) is 30.7 Å². The second-order valence-electron chi connectivity index (χ2n) is 4.19. The predicted octanol–water partition coefficient (Wildman–Crippen LogP) is 3.27. The van der Waals surface area contributed by atoms with Gasteiger partial charge >= 0.3 is 5.97 Å². The molecule has 15 heavy (non-hydrogen) atoms. The smallest absolute Gasteiger partial charge is 0.303 e. The fourth-order valence-electron chi connectivity index (χ4n) is 1.79. The summed E-state index contributed by atoms with van der Waals surface area (Å²) in [4.78, 5) is 10.5. The molecule has 0 saturated heterocycles. The van der Waals surface area contributed by atoms with E-state index in [0.717, 1.165) is 0 Å². The maximum Gasteiger partial charge on any atom is 0.303 e. The maximum absolute atomic E-state index is 10.5. The summed E-state index contributed by atoms with van der Waals surface area (Å²) in [5.74, 6) is -0.395. The average molecular weight is 206 g/mol. The zero-order chi connectivity index (χ0) is 11.4. The van der Waals surface area contributed by atoms with Gasteiger partial charge in [0.25, 0.3) is 0 Å². The second kappa shape index (κ2) is 4.96. The summed E-state index contributed by atoms with van der Waals surface area (Å²) in [5, 5.41) is 8.63. The van der Waals surface area contributed by atoms with E-state index in [-0.39, 0.29) is 6.42 Å². The lowest BCUT2D eigenvalue weighted by Crippen LogP contribution is -2.02. The molecule has 0 saturated carbocycles. The van der Waals surface area contributed by atoms with E-state index in [1.54, 1.807) is 0 Å². The van der Waals surface area contributed by atoms with Crippen molar-refractivity contribution in [1.29, 1.82) is 0 Å². The fraction of sp³-hybridized carbons (Fsp3) is 0.462. The highest BCUT2D eigenvalue weighted by Crippen LogP contribution is 2.24. The van der Waals surface area contributed by atoms with Crippen LogP contribution < -0.4 is 0 Å². The van der Waals surface area contributed by atoms with Gasteiger partial charge in [0.05, 0.1) is 0 Å². The van der Waals surface area contributed by atoms with Crippen molar-refractivity contribution in [3.05, 3.63) is 34.9 Å². The highest BCUT2D eigenvalue weighted by Gasteiger charge is 2.10. The predicted molar refractivity (Wildman–Crippen MR) is 61.2 cm³/mol. The van der Waals surface area contributed by atoms with Crippen LogP contribution in [0.3, 0.4) is 0 Å². The summed E-state index contributed by atoms with van der Waals surface area (Å²) in [6.07, 6.45) is 0.953. The molecule has 0 aliphatic heterocycles. The summed E-state index contributed by atoms with van der Waals surface area (Å²) in [5.41, 5.74) is 3.76. The fourth-order valence-corrected chi connectivity index (χ4v) is 1.79. The van der Waals surface area contributed by atoms with Gasteiger partial charge in [-0.3, -0.25) is 4.79 Å². The van der Waals surface area contributed by atoms with Gasteiger partial charge < -0.3 is 5.11 Å². The standard InChI is InChI=1S/C13H18O2/c1-9-4-5-10(2)12(8-9)11(3)6-7-13(14)15/h4-5,8,11H,6-7H2,1-3H3,(H,14,15)/t11-/m1/s1. The molecule has 0 unspecified atom stereocenters. The molecule has 0 amide bonds. The van der Waals surface area contributed by atoms with Crippen LogP contribution >= 0.6 is 0 Å². The van der Waals surface area contributed by atoms with E-state index in [9.17, 15) is 4.79 Å². The van der Waals surface area contributed by atoms with Crippen molar-refractivity contribution < 1.29 is 9.90 Å². The van der Waals surface area contributed by atoms with Crippen LogP contribution in [0.2, 0.25) is 0 Å². The quantitative estimate of drug-likeness (QED) is 0.820. The van der Waals surface area contributed by atoms with Crippen LogP contribution in [0, 0.1) is 13.8 Å². The van der Waals surface area contributed by atoms with E-state index in [0.29, 0.717) is 12.3 Å². The Labute approximate surface area is 90.9 Å². The molecule has 0 fully saturated rings. The van der Waals surface area contributed by atoms with Gasteiger partial charge in [-0.2, -0.15) is 0 Å². The molecule has 0 aliphatic carbocycles. The van der Waals surface area contributed by atoms with Crippen molar-refractivity contribution in [2.75, 3.05) is 0 Å². The van der Waals surface area contributed by atoms with Crippen LogP contribution in [-0.4, -0.2) is 11.1 Å². The zero-order valence-electron chi connectivity index (χ0n) is 9.58. The van der Waals surface area contributed by atoms with Gasteiger partial charge in [0, 0.05) is 6.42 Å². The number of aryl methyl sites for hydroxylation is 2. The molecule has 0 radical (unpaired) electrons. The Morgan fingerprint density at radius 3 is 2.67 bits per heavy atom. The number of hydrogen-bond acceptors (Lipinski definition) is 1. The Balaban J connectivity index is 2.76. The van der Waals surface area contributed by atoms with Crippen molar-refractivity contribution >= 4 is 5.97 Å². The molecule has 0 aromatic heterocycles. The van der Waals surface area contributed by atoms with Crippen molar-refractivity contribution in [2.45, 2.75) is 39.5 Å². The van der Waals surface area contributed by atoms with Crippen molar-refractivity contribution in [2.24, 2.45) is 0 Å². The Morgan fingerprint density at radius 1 is 1.40 bits per heavy atom. The molecule has 82 valence electrons. The molecular formula is C13H18O2. The van der Waals surface area contributed by atoms with E-state index >= 15 is 0 Å². The molecule has 0 bridgehead atoms. The Hall–Kier alpha value is -1.31. The zero-order valence-corrected chi connectivity index (χ0v) is 9.58. The summed E-state index contributed by atoms with van der Waals surface area (Å²) in [7, 11) is 0. The lowest BCUT2D eigenvalue weighted by Gasteiger charge is -2.14. The number of hydrogen-bond donors (Lipinski definition) is 1. The molecule has 2 nitrogen and oxygen atoms in total. The van der Waals surface area contributed by atoms with E-state index in [4.69, 9.17) is 5.11 Å². The summed E-state index contributed by atoms with van der Waals surface area (Å²) in [6.45, 7) is 6.23. The molecule has 0 aliphatic rings. The minimum Gasteiger partial charge on any atom is -0.481 e. The van der Waals surface area contributed by atoms with Crippen LogP contribution in [0.25, 0.3) is 0 Å². The average Bonchev–Trinajstić information content (AvgIpc) is 2.18. The third-order valence-electron chi connectivity index (χ3n) is 2.76. The number of benzene rings is 1. The van der Waals surface area contributed by atoms with Crippen LogP contribution in [0.1, 0.15) is 42.4 Å². The number of rotatable bonds is 4. The number of carboxylic acid groups (broad SMARTS) is 1. The topological polar surface area (TPSA) is 37.3 Å². The highest BCUT2D eigenvalue weighted by molar-refractivity contribution is 5.66. The molecule has 1 aromatic rings. The van der Waals surface area contributed by atoms with E-state index in [1.807, 2.05) is 0 Å². The third kappa shape index (κ3) is 3.39. The van der Waals surface area contributed by atoms with Gasteiger partial charge in [-0.25, -0.2) is 0 Å². The first-order chi connectivity index (χ1) is 7.00.